The van der Waals surface area contributed by atoms with Crippen LogP contribution >= 0.6 is 0 Å². The molecule has 9 nitrogen and oxygen atoms in total. The molecule has 2 aromatic rings. The van der Waals surface area contributed by atoms with Crippen LogP contribution in [0.4, 0.5) is 11.5 Å². The second kappa shape index (κ2) is 11.8. The maximum Gasteiger partial charge on any atom is 0.172 e. The molecule has 5 aliphatic rings. The van der Waals surface area contributed by atoms with Crippen LogP contribution in [0.25, 0.3) is 11.3 Å². The van der Waals surface area contributed by atoms with Gasteiger partial charge in [0.2, 0.25) is 0 Å². The summed E-state index contributed by atoms with van der Waals surface area (Å²) in [4.78, 5) is 10.9. The molecule has 0 spiro atoms. The quantitative estimate of drug-likeness (QED) is 0.524. The summed E-state index contributed by atoms with van der Waals surface area (Å²) >= 11 is 0. The van der Waals surface area contributed by atoms with Crippen molar-refractivity contribution in [3.05, 3.63) is 30.3 Å². The van der Waals surface area contributed by atoms with Crippen LogP contribution < -0.4 is 15.5 Å². The Kier molecular flexibility index (Phi) is 7.80. The summed E-state index contributed by atoms with van der Waals surface area (Å²) in [6.45, 7) is 12.9. The Balaban J connectivity index is 0.908. The second-order valence-corrected chi connectivity index (χ2v) is 12.7. The van der Waals surface area contributed by atoms with Crippen LogP contribution in [-0.4, -0.2) is 120 Å². The second-order valence-electron chi connectivity index (χ2n) is 12.7. The Morgan fingerprint density at radius 1 is 0.825 bits per heavy atom. The number of nitrogens with zero attached hydrogens (tertiary/aromatic N) is 6. The fourth-order valence-corrected chi connectivity index (χ4v) is 7.99. The molecule has 7 rings (SSSR count). The van der Waals surface area contributed by atoms with Crippen molar-refractivity contribution in [1.29, 1.82) is 0 Å². The number of para-hydroxylation sites is 1. The van der Waals surface area contributed by atoms with Crippen molar-refractivity contribution in [3.63, 3.8) is 0 Å². The summed E-state index contributed by atoms with van der Waals surface area (Å²) in [5.74, 6) is 1.97. The number of hydrogen-bond donors (Lipinski definition) is 3. The molecule has 3 N–H and O–H groups in total. The SMILES string of the molecule is Oc1ccccc1-c1cc2c(nn1)NC[C@H]1CN(C3CCN(C4CCN(C[C@H]5CCCNC5)CC4)CC3)CCN21. The first kappa shape index (κ1) is 26.4. The number of hydrogen-bond acceptors (Lipinski definition) is 9. The van der Waals surface area contributed by atoms with E-state index in [1.807, 2.05) is 18.2 Å². The Morgan fingerprint density at radius 3 is 2.42 bits per heavy atom. The largest absolute Gasteiger partial charge is 0.507 e. The molecule has 216 valence electrons. The highest BCUT2D eigenvalue weighted by molar-refractivity contribution is 5.76. The summed E-state index contributed by atoms with van der Waals surface area (Å²) in [5, 5.41) is 26.4. The third kappa shape index (κ3) is 5.53. The molecule has 0 amide bonds. The van der Waals surface area contributed by atoms with Crippen LogP contribution in [0.5, 0.6) is 5.75 Å². The zero-order chi connectivity index (χ0) is 26.9. The number of aromatic nitrogens is 2. The summed E-state index contributed by atoms with van der Waals surface area (Å²) in [7, 11) is 0. The van der Waals surface area contributed by atoms with Gasteiger partial charge in [0.15, 0.2) is 5.82 Å². The molecule has 0 radical (unpaired) electrons. The molecule has 0 unspecified atom stereocenters. The highest BCUT2D eigenvalue weighted by Gasteiger charge is 2.37. The van der Waals surface area contributed by atoms with Gasteiger partial charge < -0.3 is 30.4 Å². The average Bonchev–Trinajstić information content (AvgIpc) is 3.02. The smallest absolute Gasteiger partial charge is 0.172 e. The number of phenols is 1. The molecule has 5 aliphatic heterocycles. The number of likely N-dealkylation sites (tertiary alicyclic amines) is 2. The van der Waals surface area contributed by atoms with Crippen LogP contribution in [0, 0.1) is 5.92 Å². The first-order valence-electron chi connectivity index (χ1n) is 15.8. The number of anilines is 2. The molecular weight excluding hydrogens is 500 g/mol. The number of nitrogens with one attached hydrogen (secondary N) is 2. The van der Waals surface area contributed by atoms with Crippen molar-refractivity contribution in [2.75, 3.05) is 82.2 Å². The number of benzene rings is 1. The summed E-state index contributed by atoms with van der Waals surface area (Å²) in [5.41, 5.74) is 2.58. The lowest BCUT2D eigenvalue weighted by Gasteiger charge is -2.50. The normalized spacial score (nSPS) is 27.6. The van der Waals surface area contributed by atoms with Gasteiger partial charge in [-0.15, -0.1) is 10.2 Å². The van der Waals surface area contributed by atoms with E-state index in [1.165, 1.54) is 84.3 Å². The molecule has 0 bridgehead atoms. The maximum absolute atomic E-state index is 10.3. The van der Waals surface area contributed by atoms with Crippen LogP contribution in [0.1, 0.15) is 38.5 Å². The van der Waals surface area contributed by atoms with Gasteiger partial charge in [-0.2, -0.15) is 0 Å². The predicted octanol–water partition coefficient (Wildman–Crippen LogP) is 2.69. The van der Waals surface area contributed by atoms with Crippen molar-refractivity contribution in [2.45, 2.75) is 56.7 Å². The minimum Gasteiger partial charge on any atom is -0.507 e. The molecule has 2 atom stereocenters. The first-order chi connectivity index (χ1) is 19.7. The molecule has 1 aromatic heterocycles. The van der Waals surface area contributed by atoms with Gasteiger partial charge in [-0.1, -0.05) is 12.1 Å². The highest BCUT2D eigenvalue weighted by atomic mass is 16.3. The number of fused-ring (bicyclic) bond motifs is 3. The third-order valence-electron chi connectivity index (χ3n) is 10.3. The average molecular weight is 547 g/mol. The molecular formula is C31H46N8O. The summed E-state index contributed by atoms with van der Waals surface area (Å²) in [6.07, 6.45) is 8.06. The lowest BCUT2D eigenvalue weighted by atomic mass is 9.94. The fraction of sp³-hybridized carbons (Fsp3) is 0.677. The van der Waals surface area contributed by atoms with Gasteiger partial charge in [0.1, 0.15) is 5.75 Å². The van der Waals surface area contributed by atoms with Crippen molar-refractivity contribution >= 4 is 11.5 Å². The standard InChI is InChI=1S/C31H46N8O/c40-30-6-2-1-5-27(30)28-18-29-31(35-34-28)33-20-26-22-38(16-17-39(26)29)25-9-14-37(15-10-25)24-7-12-36(13-8-24)21-23-4-3-11-32-19-23/h1-2,5-6,18,23-26,32,40H,3-4,7-17,19-22H2,(H,33,35)/t23-,26-/m0/s1. The van der Waals surface area contributed by atoms with E-state index in [0.717, 1.165) is 60.9 Å². The third-order valence-corrected chi connectivity index (χ3v) is 10.3. The fourth-order valence-electron chi connectivity index (χ4n) is 7.99. The lowest BCUT2D eigenvalue weighted by Crippen LogP contribution is -2.61. The molecule has 1 aromatic carbocycles. The van der Waals surface area contributed by atoms with Crippen LogP contribution in [0.15, 0.2) is 30.3 Å². The van der Waals surface area contributed by atoms with Gasteiger partial charge in [-0.05, 0) is 102 Å². The van der Waals surface area contributed by atoms with Gasteiger partial charge >= 0.3 is 0 Å². The van der Waals surface area contributed by atoms with Gasteiger partial charge in [-0.25, -0.2) is 0 Å². The van der Waals surface area contributed by atoms with E-state index in [1.54, 1.807) is 6.07 Å². The first-order valence-corrected chi connectivity index (χ1v) is 15.8. The zero-order valence-electron chi connectivity index (χ0n) is 23.8. The van der Waals surface area contributed by atoms with Crippen LogP contribution in [0.2, 0.25) is 0 Å². The monoisotopic (exact) mass is 546 g/mol. The molecule has 9 heteroatoms. The molecule has 0 aliphatic carbocycles. The van der Waals surface area contributed by atoms with Crippen molar-refractivity contribution in [3.8, 4) is 17.0 Å². The van der Waals surface area contributed by atoms with Gasteiger partial charge in [0.05, 0.1) is 17.4 Å². The number of piperidine rings is 3. The van der Waals surface area contributed by atoms with Crippen molar-refractivity contribution in [2.24, 2.45) is 5.92 Å². The molecule has 4 fully saturated rings. The van der Waals surface area contributed by atoms with Crippen molar-refractivity contribution in [1.82, 2.24) is 30.2 Å². The zero-order valence-corrected chi connectivity index (χ0v) is 23.8. The maximum atomic E-state index is 10.3. The Bertz CT molecular complexity index is 1140. The lowest BCUT2D eigenvalue weighted by molar-refractivity contribution is 0.0452. The van der Waals surface area contributed by atoms with E-state index in [0.29, 0.717) is 12.1 Å². The Labute approximate surface area is 238 Å². The highest BCUT2D eigenvalue weighted by Crippen LogP contribution is 2.36. The molecule has 4 saturated heterocycles. The number of rotatable bonds is 5. The van der Waals surface area contributed by atoms with Crippen molar-refractivity contribution < 1.29 is 5.11 Å². The summed E-state index contributed by atoms with van der Waals surface area (Å²) < 4.78 is 0. The summed E-state index contributed by atoms with van der Waals surface area (Å²) in [6, 6.07) is 11.4. The topological polar surface area (TPSA) is 83.0 Å². The minimum atomic E-state index is 0.246. The Morgan fingerprint density at radius 2 is 1.62 bits per heavy atom. The number of aromatic hydroxyl groups is 1. The van der Waals surface area contributed by atoms with Gasteiger partial charge in [0.25, 0.3) is 0 Å². The minimum absolute atomic E-state index is 0.246. The van der Waals surface area contributed by atoms with E-state index >= 15 is 0 Å². The number of piperazine rings is 1. The molecule has 6 heterocycles. The van der Waals surface area contributed by atoms with Gasteiger partial charge in [0, 0.05) is 50.4 Å². The van der Waals surface area contributed by atoms with Crippen LogP contribution in [-0.2, 0) is 0 Å². The van der Waals surface area contributed by atoms with E-state index in [4.69, 9.17) is 0 Å². The van der Waals surface area contributed by atoms with E-state index < -0.39 is 0 Å². The van der Waals surface area contributed by atoms with Crippen LogP contribution in [0.3, 0.4) is 0 Å². The van der Waals surface area contributed by atoms with E-state index in [-0.39, 0.29) is 5.75 Å². The molecule has 0 saturated carbocycles. The number of phenolic OH excluding ortho intramolecular Hbond substituents is 1. The van der Waals surface area contributed by atoms with E-state index in [2.05, 4.69) is 46.5 Å². The van der Waals surface area contributed by atoms with Gasteiger partial charge in [-0.3, -0.25) is 4.90 Å². The Hall–Kier alpha value is -2.46. The van der Waals surface area contributed by atoms with E-state index in [9.17, 15) is 5.11 Å². The molecule has 40 heavy (non-hydrogen) atoms. The predicted molar refractivity (Wildman–Crippen MR) is 160 cm³/mol.